The van der Waals surface area contributed by atoms with Gasteiger partial charge in [-0.25, -0.2) is 9.97 Å². The van der Waals surface area contributed by atoms with Crippen LogP contribution in [0.3, 0.4) is 0 Å². The van der Waals surface area contributed by atoms with Gasteiger partial charge in [-0.1, -0.05) is 32.4 Å². The Balaban J connectivity index is 2.12. The van der Waals surface area contributed by atoms with E-state index >= 15 is 0 Å². The van der Waals surface area contributed by atoms with Gasteiger partial charge in [-0.2, -0.15) is 0 Å². The van der Waals surface area contributed by atoms with Crippen molar-refractivity contribution >= 4 is 17.4 Å². The number of rotatable bonds is 3. The zero-order valence-corrected chi connectivity index (χ0v) is 13.6. The first-order valence-corrected chi connectivity index (χ1v) is 7.69. The minimum atomic E-state index is -0.0940. The Morgan fingerprint density at radius 1 is 1.30 bits per heavy atom. The predicted molar refractivity (Wildman–Crippen MR) is 82.6 cm³/mol. The quantitative estimate of drug-likeness (QED) is 0.801. The lowest BCUT2D eigenvalue weighted by molar-refractivity contribution is 0.0458. The maximum Gasteiger partial charge on any atom is 0.137 e. The van der Waals surface area contributed by atoms with Gasteiger partial charge in [0.15, 0.2) is 0 Å². The van der Waals surface area contributed by atoms with Gasteiger partial charge in [0.25, 0.3) is 0 Å². The summed E-state index contributed by atoms with van der Waals surface area (Å²) in [7, 11) is 0. The first-order valence-electron chi connectivity index (χ1n) is 7.31. The maximum absolute atomic E-state index is 6.15. The molecule has 20 heavy (non-hydrogen) atoms. The Bertz CT molecular complexity index is 451. The van der Waals surface area contributed by atoms with Crippen LogP contribution in [0.15, 0.2) is 6.07 Å². The molecule has 2 heterocycles. The van der Waals surface area contributed by atoms with E-state index in [0.717, 1.165) is 44.2 Å². The second-order valence-corrected chi connectivity index (χ2v) is 6.65. The van der Waals surface area contributed by atoms with E-state index < -0.39 is 0 Å². The average molecular weight is 298 g/mol. The number of ether oxygens (including phenoxy) is 1. The van der Waals surface area contributed by atoms with E-state index in [1.54, 1.807) is 0 Å². The van der Waals surface area contributed by atoms with Crippen LogP contribution < -0.4 is 4.90 Å². The van der Waals surface area contributed by atoms with E-state index in [9.17, 15) is 0 Å². The summed E-state index contributed by atoms with van der Waals surface area (Å²) in [5.41, 5.74) is -0.0940. The topological polar surface area (TPSA) is 38.2 Å². The van der Waals surface area contributed by atoms with Crippen molar-refractivity contribution in [3.63, 3.8) is 0 Å². The predicted octanol–water partition coefficient (Wildman–Crippen LogP) is 3.43. The van der Waals surface area contributed by atoms with Crippen LogP contribution in [-0.2, 0) is 10.2 Å². The molecule has 112 valence electrons. The molecule has 1 aliphatic heterocycles. The van der Waals surface area contributed by atoms with Gasteiger partial charge in [0.2, 0.25) is 0 Å². The van der Waals surface area contributed by atoms with Gasteiger partial charge < -0.3 is 9.64 Å². The van der Waals surface area contributed by atoms with Gasteiger partial charge in [0.1, 0.15) is 16.8 Å². The number of halogens is 1. The van der Waals surface area contributed by atoms with Crippen molar-refractivity contribution in [2.24, 2.45) is 0 Å². The van der Waals surface area contributed by atoms with Crippen LogP contribution in [0.25, 0.3) is 0 Å². The Hall–Kier alpha value is -0.870. The smallest absolute Gasteiger partial charge is 0.137 e. The fraction of sp³-hybridized carbons (Fsp3) is 0.733. The zero-order chi connectivity index (χ0) is 14.8. The number of anilines is 1. The second-order valence-electron chi connectivity index (χ2n) is 6.26. The molecule has 1 saturated heterocycles. The highest BCUT2D eigenvalue weighted by Crippen LogP contribution is 2.26. The third-order valence-electron chi connectivity index (χ3n) is 3.52. The van der Waals surface area contributed by atoms with E-state index in [1.165, 1.54) is 0 Å². The highest BCUT2D eigenvalue weighted by Gasteiger charge is 2.23. The van der Waals surface area contributed by atoms with E-state index in [-0.39, 0.29) is 5.41 Å². The highest BCUT2D eigenvalue weighted by molar-refractivity contribution is 6.29. The summed E-state index contributed by atoms with van der Waals surface area (Å²) in [6.07, 6.45) is 2.47. The second kappa shape index (κ2) is 6.27. The molecule has 0 amide bonds. The van der Waals surface area contributed by atoms with E-state index in [1.807, 2.05) is 13.0 Å². The lowest BCUT2D eigenvalue weighted by Crippen LogP contribution is -2.38. The molecule has 0 spiro atoms. The molecular formula is C15H24ClN3O. The Morgan fingerprint density at radius 2 is 1.95 bits per heavy atom. The molecule has 0 unspecified atom stereocenters. The lowest BCUT2D eigenvalue weighted by atomic mass is 9.96. The van der Waals surface area contributed by atoms with E-state index in [0.29, 0.717) is 11.3 Å². The number of hydrogen-bond acceptors (Lipinski definition) is 4. The van der Waals surface area contributed by atoms with Crippen molar-refractivity contribution in [2.45, 2.75) is 52.1 Å². The van der Waals surface area contributed by atoms with E-state index in [4.69, 9.17) is 16.3 Å². The molecule has 1 aliphatic rings. The van der Waals surface area contributed by atoms with Crippen molar-refractivity contribution in [2.75, 3.05) is 24.6 Å². The Morgan fingerprint density at radius 3 is 2.50 bits per heavy atom. The molecule has 0 aliphatic carbocycles. The molecule has 1 aromatic rings. The maximum atomic E-state index is 6.15. The van der Waals surface area contributed by atoms with E-state index in [2.05, 4.69) is 35.6 Å². The minimum absolute atomic E-state index is 0.0940. The van der Waals surface area contributed by atoms with Gasteiger partial charge in [-0.3, -0.25) is 0 Å². The SMILES string of the molecule is CCOC1CCN(c2cc(Cl)nc(C(C)(C)C)n2)CC1. The molecule has 5 heteroatoms. The van der Waals surface area contributed by atoms with Gasteiger partial charge in [-0.15, -0.1) is 0 Å². The molecule has 1 fully saturated rings. The monoisotopic (exact) mass is 297 g/mol. The van der Waals surface area contributed by atoms with Crippen molar-refractivity contribution in [3.05, 3.63) is 17.0 Å². The first kappa shape index (κ1) is 15.5. The Labute approximate surface area is 126 Å². The molecule has 0 N–H and O–H groups in total. The molecule has 0 atom stereocenters. The summed E-state index contributed by atoms with van der Waals surface area (Å²) < 4.78 is 5.68. The third-order valence-corrected chi connectivity index (χ3v) is 3.71. The largest absolute Gasteiger partial charge is 0.378 e. The van der Waals surface area contributed by atoms with Crippen molar-refractivity contribution in [1.82, 2.24) is 9.97 Å². The highest BCUT2D eigenvalue weighted by atomic mass is 35.5. The Kier molecular flexibility index (Phi) is 4.86. The average Bonchev–Trinajstić information content (AvgIpc) is 2.38. The van der Waals surface area contributed by atoms with Gasteiger partial charge in [0, 0.05) is 31.2 Å². The third kappa shape index (κ3) is 3.83. The molecule has 0 bridgehead atoms. The van der Waals surface area contributed by atoms with Gasteiger partial charge in [0.05, 0.1) is 6.10 Å². The summed E-state index contributed by atoms with van der Waals surface area (Å²) in [5, 5.41) is 0.520. The molecule has 4 nitrogen and oxygen atoms in total. The van der Waals surface area contributed by atoms with Crippen LogP contribution in [0.4, 0.5) is 5.82 Å². The molecule has 0 saturated carbocycles. The van der Waals surface area contributed by atoms with Crippen LogP contribution in [0, 0.1) is 0 Å². The van der Waals surface area contributed by atoms with Crippen LogP contribution in [0.5, 0.6) is 0 Å². The molecule has 0 radical (unpaired) electrons. The number of piperidine rings is 1. The van der Waals surface area contributed by atoms with Crippen LogP contribution in [0.1, 0.15) is 46.4 Å². The van der Waals surface area contributed by atoms with Crippen LogP contribution in [0.2, 0.25) is 5.15 Å². The first-order chi connectivity index (χ1) is 9.40. The lowest BCUT2D eigenvalue weighted by Gasteiger charge is -2.33. The van der Waals surface area contributed by atoms with Crippen molar-refractivity contribution in [3.8, 4) is 0 Å². The molecular weight excluding hydrogens is 274 g/mol. The molecule has 2 rings (SSSR count). The van der Waals surface area contributed by atoms with Crippen molar-refractivity contribution < 1.29 is 4.74 Å². The minimum Gasteiger partial charge on any atom is -0.378 e. The summed E-state index contributed by atoms with van der Waals surface area (Å²) >= 11 is 6.15. The summed E-state index contributed by atoms with van der Waals surface area (Å²) in [6.45, 7) is 11.1. The number of nitrogens with zero attached hydrogens (tertiary/aromatic N) is 3. The fourth-order valence-electron chi connectivity index (χ4n) is 2.39. The standard InChI is InChI=1S/C15H24ClN3O/c1-5-20-11-6-8-19(9-7-11)13-10-12(16)17-14(18-13)15(2,3)4/h10-11H,5-9H2,1-4H3. The summed E-state index contributed by atoms with van der Waals surface area (Å²) in [4.78, 5) is 11.3. The number of hydrogen-bond donors (Lipinski definition) is 0. The van der Waals surface area contributed by atoms with Crippen LogP contribution in [-0.4, -0.2) is 35.8 Å². The zero-order valence-electron chi connectivity index (χ0n) is 12.8. The summed E-state index contributed by atoms with van der Waals surface area (Å²) in [5.74, 6) is 1.73. The molecule has 0 aromatic carbocycles. The van der Waals surface area contributed by atoms with Gasteiger partial charge in [-0.05, 0) is 19.8 Å². The van der Waals surface area contributed by atoms with Crippen LogP contribution >= 0.6 is 11.6 Å². The summed E-state index contributed by atoms with van der Waals surface area (Å²) in [6, 6.07) is 1.86. The number of aromatic nitrogens is 2. The fourth-order valence-corrected chi connectivity index (χ4v) is 2.57. The normalized spacial score (nSPS) is 17.6. The van der Waals surface area contributed by atoms with Crippen molar-refractivity contribution in [1.29, 1.82) is 0 Å². The van der Waals surface area contributed by atoms with Gasteiger partial charge >= 0.3 is 0 Å². The molecule has 1 aromatic heterocycles.